The van der Waals surface area contributed by atoms with Crippen LogP contribution in [0.2, 0.25) is 0 Å². The second kappa shape index (κ2) is 318. The molecule has 16 nitrogen and oxygen atoms in total. The Labute approximate surface area is 546 Å². The van der Waals surface area contributed by atoms with Crippen molar-refractivity contribution in [2.75, 3.05) is 0 Å². The van der Waals surface area contributed by atoms with Crippen LogP contribution >= 0.6 is 0 Å². The van der Waals surface area contributed by atoms with Crippen LogP contribution < -0.4 is 0 Å². The van der Waals surface area contributed by atoms with Gasteiger partial charge in [-0.2, -0.15) is 0 Å². The monoisotopic (exact) mass is 1570 g/mol. The van der Waals surface area contributed by atoms with Crippen LogP contribution in [0.4, 0.5) is 0 Å². The summed E-state index contributed by atoms with van der Waals surface area (Å²) >= 11 is 0. The van der Waals surface area contributed by atoms with Gasteiger partial charge in [-0.25, -0.2) is 0 Å². The second-order valence-corrected chi connectivity index (χ2v) is 0. The first kappa shape index (κ1) is 342. The van der Waals surface area contributed by atoms with E-state index in [2.05, 4.69) is 0 Å². The first-order chi connectivity index (χ1) is 0. The van der Waals surface area contributed by atoms with Gasteiger partial charge in [0, 0.05) is 86.9 Å². The molecule has 0 bridgehead atoms. The molecule has 0 unspecified atom stereocenters. The molecule has 0 saturated carbocycles. The van der Waals surface area contributed by atoms with Crippen molar-refractivity contribution in [1.29, 1.82) is 0 Å². The normalized spacial score (nSPS) is 0. The molecule has 0 spiro atoms. The summed E-state index contributed by atoms with van der Waals surface area (Å²) in [5, 5.41) is 0. The predicted octanol–water partition coefficient (Wildman–Crippen LogP) is -5.89. The smallest absolute Gasteiger partial charge is 0.870 e. The van der Waals surface area contributed by atoms with Crippen molar-refractivity contribution >= 4 is 391 Å². The summed E-state index contributed by atoms with van der Waals surface area (Å²) in [6.45, 7) is 0. The summed E-state index contributed by atoms with van der Waals surface area (Å²) in [5.74, 6) is 0. The summed E-state index contributed by atoms with van der Waals surface area (Å²) in [7, 11) is 0. The molecule has 0 aromatic heterocycles. The molecule has 0 atom stereocenters. The molecule has 28 heteroatoms. The van der Waals surface area contributed by atoms with E-state index in [0.717, 1.165) is 0 Å². The van der Waals surface area contributed by atoms with E-state index in [9.17, 15) is 0 Å². The predicted molar refractivity (Wildman–Crippen MR) is 77.0 cm³/mol. The maximum atomic E-state index is 0. The molecule has 0 aliphatic carbocycles. The molecule has 0 heterocycles. The fraction of sp³-hybridized carbons (Fsp3) is 0. The Bertz CT molecular complexity index is 38.6. The van der Waals surface area contributed by atoms with Gasteiger partial charge < -0.3 is 87.6 Å². The maximum Gasteiger partial charge on any atom is 2.00 e. The van der Waals surface area contributed by atoms with E-state index in [1.807, 2.05) is 0 Å². The maximum absolute atomic E-state index is 0. The van der Waals surface area contributed by atoms with E-state index >= 15 is 0 Å². The zero-order valence-corrected chi connectivity index (χ0v) is 56.6. The third-order valence-corrected chi connectivity index (χ3v) is 0. The molecular formula is H16Ba8O16Ti4. The van der Waals surface area contributed by atoms with Crippen LogP contribution in [0.3, 0.4) is 0 Å². The Morgan fingerprint density at radius 1 is 0.107 bits per heavy atom. The van der Waals surface area contributed by atoms with Gasteiger partial charge in [-0.15, -0.1) is 0 Å². The van der Waals surface area contributed by atoms with Crippen molar-refractivity contribution in [3.05, 3.63) is 0 Å². The molecule has 0 aromatic carbocycles. The quantitative estimate of drug-likeness (QED) is 0.204. The van der Waals surface area contributed by atoms with E-state index in [4.69, 9.17) is 0 Å². The Morgan fingerprint density at radius 2 is 0.107 bits per heavy atom. The standard InChI is InChI=1S/8Ba.16H2O.4Ti/h;;;;;;;;16*1H2;;;;/q8*+2;;;;;;;;;;;;;;;;;;;;/p-16. The van der Waals surface area contributed by atoms with E-state index in [0.29, 0.717) is 0 Å². The molecule has 0 aromatic rings. The SMILES string of the molecule is [Ba+2].[Ba+2].[Ba+2].[Ba+2].[Ba+2].[Ba+2].[Ba+2].[Ba+2].[OH-].[OH-].[OH-].[OH-].[OH-].[OH-].[OH-].[OH-].[OH-].[OH-].[OH-].[OH-].[OH-].[OH-].[OH-].[OH-].[Ti].[Ti].[Ti].[Ti]. The zero-order chi connectivity index (χ0) is 0. The third-order valence-electron chi connectivity index (χ3n) is 0. The van der Waals surface area contributed by atoms with Crippen LogP contribution in [0.5, 0.6) is 0 Å². The van der Waals surface area contributed by atoms with Gasteiger partial charge in [-0.3, -0.25) is 0 Å². The van der Waals surface area contributed by atoms with Crippen molar-refractivity contribution < 1.29 is 174 Å². The summed E-state index contributed by atoms with van der Waals surface area (Å²) in [6, 6.07) is 0. The van der Waals surface area contributed by atoms with Crippen LogP contribution in [-0.4, -0.2) is 479 Å². The van der Waals surface area contributed by atoms with Crippen LogP contribution in [0.15, 0.2) is 0 Å². The van der Waals surface area contributed by atoms with Crippen LogP contribution in [-0.2, 0) is 86.9 Å². The third kappa shape index (κ3) is 295. The average Bonchev–Trinajstić information content (AvgIpc) is 0. The minimum atomic E-state index is 0. The van der Waals surface area contributed by atoms with Crippen LogP contribution in [0, 0.1) is 0 Å². The fourth-order valence-corrected chi connectivity index (χ4v) is 0. The largest absolute Gasteiger partial charge is 2.00 e. The minimum Gasteiger partial charge on any atom is -0.870 e. The van der Waals surface area contributed by atoms with E-state index in [1.165, 1.54) is 0 Å². The Balaban J connectivity index is 0. The number of hydrogen-bond donors (Lipinski definition) is 0. The van der Waals surface area contributed by atoms with Gasteiger partial charge in [0.05, 0.1) is 0 Å². The Hall–Kier alpha value is 14.8. The molecule has 0 fully saturated rings. The average molecular weight is 1560 g/mol. The molecular weight excluding hydrogens is 1550 g/mol. The number of rotatable bonds is 0. The molecule has 0 saturated heterocycles. The van der Waals surface area contributed by atoms with E-state index in [-0.39, 0.29) is 566 Å². The second-order valence-electron chi connectivity index (χ2n) is 0. The van der Waals surface area contributed by atoms with Crippen molar-refractivity contribution in [3.8, 4) is 0 Å². The molecule has 28 heavy (non-hydrogen) atoms. The van der Waals surface area contributed by atoms with Gasteiger partial charge in [0.2, 0.25) is 0 Å². The summed E-state index contributed by atoms with van der Waals surface area (Å²) in [6.07, 6.45) is 0. The van der Waals surface area contributed by atoms with E-state index in [1.54, 1.807) is 0 Å². The Kier molecular flexibility index (Phi) is 3880. The van der Waals surface area contributed by atoms with Crippen LogP contribution in [0.1, 0.15) is 0 Å². The molecule has 0 aliphatic heterocycles. The van der Waals surface area contributed by atoms with Crippen molar-refractivity contribution in [3.63, 3.8) is 0 Å². The van der Waals surface area contributed by atoms with Gasteiger partial charge in [-0.1, -0.05) is 0 Å². The molecule has 0 rings (SSSR count). The zero-order valence-electron chi connectivity index (χ0n) is 14.8. The van der Waals surface area contributed by atoms with Crippen molar-refractivity contribution in [2.45, 2.75) is 0 Å². The van der Waals surface area contributed by atoms with Gasteiger partial charge >= 0.3 is 391 Å². The topological polar surface area (TPSA) is 480 Å². The number of hydrogen-bond acceptors (Lipinski definition) is 16. The first-order valence-corrected chi connectivity index (χ1v) is 0. The van der Waals surface area contributed by atoms with Gasteiger partial charge in [0.1, 0.15) is 0 Å². The van der Waals surface area contributed by atoms with E-state index < -0.39 is 0 Å². The van der Waals surface area contributed by atoms with Gasteiger partial charge in [0.15, 0.2) is 0 Å². The molecule has 0 amide bonds. The molecule has 144 valence electrons. The minimum absolute atomic E-state index is 0. The summed E-state index contributed by atoms with van der Waals surface area (Å²) in [5.41, 5.74) is 0. The van der Waals surface area contributed by atoms with Crippen molar-refractivity contribution in [2.24, 2.45) is 0 Å². The van der Waals surface area contributed by atoms with Crippen molar-refractivity contribution in [1.82, 2.24) is 0 Å². The molecule has 0 radical (unpaired) electrons. The molecule has 16 N–H and O–H groups in total. The van der Waals surface area contributed by atoms with Gasteiger partial charge in [0.25, 0.3) is 0 Å². The summed E-state index contributed by atoms with van der Waals surface area (Å²) in [4.78, 5) is 0. The Morgan fingerprint density at radius 3 is 0.107 bits per heavy atom. The summed E-state index contributed by atoms with van der Waals surface area (Å²) < 4.78 is 0. The first-order valence-electron chi connectivity index (χ1n) is 0. The fourth-order valence-electron chi connectivity index (χ4n) is 0. The van der Waals surface area contributed by atoms with Crippen LogP contribution in [0.25, 0.3) is 0 Å². The molecule has 0 aliphatic rings. The van der Waals surface area contributed by atoms with Gasteiger partial charge in [-0.05, 0) is 0 Å².